The highest BCUT2D eigenvalue weighted by Crippen LogP contribution is 2.52. The van der Waals surface area contributed by atoms with Gasteiger partial charge in [0.15, 0.2) is 0 Å². The highest BCUT2D eigenvalue weighted by molar-refractivity contribution is 7.53. The maximum Gasteiger partial charge on any atom is 0.340 e. The van der Waals surface area contributed by atoms with Crippen LogP contribution >= 0.6 is 7.60 Å². The molecule has 29 heavy (non-hydrogen) atoms. The second-order valence-electron chi connectivity index (χ2n) is 7.14. The number of carbonyl (C=O) groups is 2. The van der Waals surface area contributed by atoms with E-state index in [1.165, 1.54) is 0 Å². The summed E-state index contributed by atoms with van der Waals surface area (Å²) in [5, 5.41) is 1.88. The van der Waals surface area contributed by atoms with Gasteiger partial charge in [0.05, 0.1) is 18.0 Å². The van der Waals surface area contributed by atoms with E-state index in [1.807, 2.05) is 42.5 Å². The quantitative estimate of drug-likeness (QED) is 0.306. The van der Waals surface area contributed by atoms with Gasteiger partial charge in [0.1, 0.15) is 0 Å². The molecule has 7 nitrogen and oxygen atoms in total. The molecule has 0 N–H and O–H groups in total. The molecular formula is C21H27O7P. The summed E-state index contributed by atoms with van der Waals surface area (Å²) in [5.41, 5.74) is 0.747. The van der Waals surface area contributed by atoms with Gasteiger partial charge in [0.2, 0.25) is 13.6 Å². The molecule has 0 aromatic heterocycles. The van der Waals surface area contributed by atoms with E-state index < -0.39 is 33.1 Å². The molecule has 0 atom stereocenters. The molecule has 0 radical (unpaired) electrons. The standard InChI is InChI=1S/C21H27O7P/c1-15(2)20(22)25-13-27-29(24,28-14-26-21(23)16(3)4)12-18-10-7-9-17-8-5-6-11-19(17)18/h5-11,15-16H,12-14H2,1-4H3. The van der Waals surface area contributed by atoms with Crippen molar-refractivity contribution in [3.05, 3.63) is 48.0 Å². The fourth-order valence-corrected chi connectivity index (χ4v) is 3.81. The first kappa shape index (κ1) is 23.1. The van der Waals surface area contributed by atoms with E-state index in [1.54, 1.807) is 27.7 Å². The molecule has 2 aromatic carbocycles. The van der Waals surface area contributed by atoms with Crippen molar-refractivity contribution < 1.29 is 32.7 Å². The molecule has 2 aromatic rings. The highest BCUT2D eigenvalue weighted by atomic mass is 31.2. The Labute approximate surface area is 170 Å². The Morgan fingerprint density at radius 2 is 1.34 bits per heavy atom. The molecule has 0 bridgehead atoms. The van der Waals surface area contributed by atoms with E-state index >= 15 is 0 Å². The fourth-order valence-electron chi connectivity index (χ4n) is 2.43. The van der Waals surface area contributed by atoms with Crippen molar-refractivity contribution in [3.8, 4) is 0 Å². The van der Waals surface area contributed by atoms with Crippen LogP contribution in [0, 0.1) is 11.8 Å². The lowest BCUT2D eigenvalue weighted by atomic mass is 10.1. The number of hydrogen-bond acceptors (Lipinski definition) is 7. The molecule has 8 heteroatoms. The second-order valence-corrected chi connectivity index (χ2v) is 9.19. The zero-order chi connectivity index (χ0) is 21.4. The first-order chi connectivity index (χ1) is 13.7. The first-order valence-corrected chi connectivity index (χ1v) is 11.1. The van der Waals surface area contributed by atoms with E-state index in [4.69, 9.17) is 18.5 Å². The predicted molar refractivity (Wildman–Crippen MR) is 109 cm³/mol. The lowest BCUT2D eigenvalue weighted by Gasteiger charge is -2.20. The Morgan fingerprint density at radius 1 is 0.828 bits per heavy atom. The average Bonchev–Trinajstić information content (AvgIpc) is 2.68. The predicted octanol–water partition coefficient (Wildman–Crippen LogP) is 4.88. The van der Waals surface area contributed by atoms with Crippen molar-refractivity contribution in [1.82, 2.24) is 0 Å². The maximum atomic E-state index is 13.3. The molecule has 0 aliphatic carbocycles. The average molecular weight is 422 g/mol. The Balaban J connectivity index is 2.15. The Morgan fingerprint density at radius 3 is 1.90 bits per heavy atom. The van der Waals surface area contributed by atoms with Gasteiger partial charge in [-0.1, -0.05) is 70.2 Å². The van der Waals surface area contributed by atoms with E-state index in [0.29, 0.717) is 0 Å². The van der Waals surface area contributed by atoms with Crippen LogP contribution in [0.5, 0.6) is 0 Å². The van der Waals surface area contributed by atoms with E-state index in [2.05, 4.69) is 0 Å². The van der Waals surface area contributed by atoms with Gasteiger partial charge in [-0.05, 0) is 16.3 Å². The molecule has 0 aliphatic rings. The third-order valence-corrected chi connectivity index (χ3v) is 5.81. The minimum atomic E-state index is -3.77. The van der Waals surface area contributed by atoms with Gasteiger partial charge >= 0.3 is 19.5 Å². The molecule has 0 amide bonds. The zero-order valence-electron chi connectivity index (χ0n) is 17.1. The van der Waals surface area contributed by atoms with Gasteiger partial charge in [-0.2, -0.15) is 0 Å². The topological polar surface area (TPSA) is 88.1 Å². The summed E-state index contributed by atoms with van der Waals surface area (Å²) >= 11 is 0. The molecule has 158 valence electrons. The van der Waals surface area contributed by atoms with Crippen molar-refractivity contribution >= 4 is 30.3 Å². The summed E-state index contributed by atoms with van der Waals surface area (Å²) in [7, 11) is -3.77. The molecule has 0 saturated heterocycles. The van der Waals surface area contributed by atoms with E-state index in [-0.39, 0.29) is 18.0 Å². The van der Waals surface area contributed by atoms with Crippen molar-refractivity contribution in [2.45, 2.75) is 33.9 Å². The van der Waals surface area contributed by atoms with Gasteiger partial charge in [-0.15, -0.1) is 0 Å². The minimum Gasteiger partial charge on any atom is -0.438 e. The molecule has 0 unspecified atom stereocenters. The van der Waals surface area contributed by atoms with Crippen LogP contribution in [-0.4, -0.2) is 25.5 Å². The largest absolute Gasteiger partial charge is 0.438 e. The van der Waals surface area contributed by atoms with Crippen molar-refractivity contribution in [2.75, 3.05) is 13.6 Å². The normalized spacial score (nSPS) is 11.8. The zero-order valence-corrected chi connectivity index (χ0v) is 18.0. The number of fused-ring (bicyclic) bond motifs is 1. The van der Waals surface area contributed by atoms with Gasteiger partial charge in [0, 0.05) is 0 Å². The SMILES string of the molecule is CC(C)C(=O)OCOP(=O)(Cc1cccc2ccccc12)OCOC(=O)C(C)C. The summed E-state index contributed by atoms with van der Waals surface area (Å²) in [6.45, 7) is 5.69. The highest BCUT2D eigenvalue weighted by Gasteiger charge is 2.28. The Hall–Kier alpha value is -2.21. The molecule has 0 heterocycles. The molecule has 0 saturated carbocycles. The third-order valence-electron chi connectivity index (χ3n) is 4.09. The van der Waals surface area contributed by atoms with Crippen molar-refractivity contribution in [2.24, 2.45) is 11.8 Å². The van der Waals surface area contributed by atoms with Gasteiger partial charge in [0.25, 0.3) is 0 Å². The van der Waals surface area contributed by atoms with Crippen LogP contribution in [0.1, 0.15) is 33.3 Å². The maximum absolute atomic E-state index is 13.3. The van der Waals surface area contributed by atoms with Crippen LogP contribution in [0.4, 0.5) is 0 Å². The molecule has 0 fully saturated rings. The van der Waals surface area contributed by atoms with Gasteiger partial charge < -0.3 is 9.47 Å². The molecule has 0 spiro atoms. The van der Waals surface area contributed by atoms with Gasteiger partial charge in [-0.3, -0.25) is 23.2 Å². The Kier molecular flexibility index (Phi) is 8.38. The summed E-state index contributed by atoms with van der Waals surface area (Å²) < 4.78 is 33.9. The van der Waals surface area contributed by atoms with Crippen LogP contribution in [0.2, 0.25) is 0 Å². The lowest BCUT2D eigenvalue weighted by Crippen LogP contribution is -2.16. The lowest BCUT2D eigenvalue weighted by molar-refractivity contribution is -0.156. The monoisotopic (exact) mass is 422 g/mol. The summed E-state index contributed by atoms with van der Waals surface area (Å²) in [5.74, 6) is -1.64. The van der Waals surface area contributed by atoms with Crippen LogP contribution in [-0.2, 0) is 38.8 Å². The second kappa shape index (κ2) is 10.5. The number of carbonyl (C=O) groups excluding carboxylic acids is 2. The van der Waals surface area contributed by atoms with Crippen LogP contribution in [0.25, 0.3) is 10.8 Å². The third kappa shape index (κ3) is 6.96. The summed E-state index contributed by atoms with van der Waals surface area (Å²) in [6, 6.07) is 13.3. The van der Waals surface area contributed by atoms with E-state index in [0.717, 1.165) is 16.3 Å². The number of rotatable bonds is 10. The smallest absolute Gasteiger partial charge is 0.340 e. The molecule has 0 aliphatic heterocycles. The minimum absolute atomic E-state index is 0.0627. The number of esters is 2. The van der Waals surface area contributed by atoms with Crippen LogP contribution in [0.3, 0.4) is 0 Å². The molecule has 2 rings (SSSR count). The Bertz CT molecular complexity index is 856. The summed E-state index contributed by atoms with van der Waals surface area (Å²) in [4.78, 5) is 23.3. The number of hydrogen-bond donors (Lipinski definition) is 0. The van der Waals surface area contributed by atoms with Crippen LogP contribution < -0.4 is 0 Å². The van der Waals surface area contributed by atoms with Crippen molar-refractivity contribution in [1.29, 1.82) is 0 Å². The first-order valence-electron chi connectivity index (χ1n) is 9.40. The van der Waals surface area contributed by atoms with Crippen LogP contribution in [0.15, 0.2) is 42.5 Å². The number of benzene rings is 2. The summed E-state index contributed by atoms with van der Waals surface area (Å²) in [6.07, 6.45) is -0.0627. The van der Waals surface area contributed by atoms with Crippen molar-refractivity contribution in [3.63, 3.8) is 0 Å². The van der Waals surface area contributed by atoms with E-state index in [9.17, 15) is 14.2 Å². The van der Waals surface area contributed by atoms with Gasteiger partial charge in [-0.25, -0.2) is 0 Å². The molecular weight excluding hydrogens is 395 g/mol. The number of ether oxygens (including phenoxy) is 2. The fraction of sp³-hybridized carbons (Fsp3) is 0.429.